The van der Waals surface area contributed by atoms with Gasteiger partial charge < -0.3 is 18.9 Å². The topological polar surface area (TPSA) is 108 Å². The minimum Gasteiger partial charge on any atom is -0.462 e. The van der Waals surface area contributed by atoms with E-state index in [0.717, 1.165) is 32.1 Å². The molecule has 0 rings (SSSR count). The van der Waals surface area contributed by atoms with Gasteiger partial charge >= 0.3 is 19.8 Å². The van der Waals surface area contributed by atoms with Gasteiger partial charge in [-0.05, 0) is 38.5 Å². The largest absolute Gasteiger partial charge is 0.472 e. The molecule has 2 atom stereocenters. The van der Waals surface area contributed by atoms with Crippen LogP contribution < -0.4 is 0 Å². The highest BCUT2D eigenvalue weighted by Gasteiger charge is 2.27. The van der Waals surface area contributed by atoms with Crippen LogP contribution in [-0.2, 0) is 32.7 Å². The first-order chi connectivity index (χ1) is 26.5. The predicted molar refractivity (Wildman–Crippen MR) is 229 cm³/mol. The molecule has 0 heterocycles. The normalized spacial score (nSPS) is 13.6. The van der Waals surface area contributed by atoms with Gasteiger partial charge in [-0.2, -0.15) is 0 Å². The third-order valence-electron chi connectivity index (χ3n) is 10.0. The number of hydrogen-bond acceptors (Lipinski definition) is 7. The van der Waals surface area contributed by atoms with Crippen LogP contribution >= 0.6 is 7.82 Å². The van der Waals surface area contributed by atoms with Gasteiger partial charge in [-0.25, -0.2) is 4.57 Å². The van der Waals surface area contributed by atoms with E-state index in [9.17, 15) is 19.0 Å². The van der Waals surface area contributed by atoms with Gasteiger partial charge in [-0.3, -0.25) is 18.6 Å². The Balaban J connectivity index is 4.30. The second kappa shape index (κ2) is 38.3. The van der Waals surface area contributed by atoms with E-state index in [1.807, 2.05) is 21.1 Å². The molecule has 0 aliphatic rings. The number of allylic oxidation sites excluding steroid dienone is 2. The van der Waals surface area contributed by atoms with E-state index in [0.29, 0.717) is 17.4 Å². The van der Waals surface area contributed by atoms with Gasteiger partial charge in [0.2, 0.25) is 0 Å². The first kappa shape index (κ1) is 53.8. The monoisotopic (exact) mass is 803 g/mol. The number of unbranched alkanes of at least 4 members (excludes halogenated alkanes) is 26. The zero-order valence-electron chi connectivity index (χ0n) is 36.7. The molecule has 1 N–H and O–H groups in total. The van der Waals surface area contributed by atoms with E-state index in [1.54, 1.807) is 0 Å². The van der Waals surface area contributed by atoms with E-state index in [1.165, 1.54) is 148 Å². The van der Waals surface area contributed by atoms with Crippen LogP contribution in [0.1, 0.15) is 213 Å². The maximum Gasteiger partial charge on any atom is 0.472 e. The summed E-state index contributed by atoms with van der Waals surface area (Å²) in [6.07, 6.45) is 39.6. The Morgan fingerprint density at radius 2 is 0.927 bits per heavy atom. The molecule has 326 valence electrons. The van der Waals surface area contributed by atoms with Gasteiger partial charge in [0, 0.05) is 12.8 Å². The Hall–Kier alpha value is -1.25. The molecule has 0 amide bonds. The lowest BCUT2D eigenvalue weighted by Crippen LogP contribution is -2.37. The van der Waals surface area contributed by atoms with Gasteiger partial charge in [-0.15, -0.1) is 0 Å². The number of carbonyl (C=O) groups is 2. The lowest BCUT2D eigenvalue weighted by molar-refractivity contribution is -0.870. The molecule has 0 aromatic rings. The quantitative estimate of drug-likeness (QED) is 0.0214. The Bertz CT molecular complexity index is 954. The minimum atomic E-state index is -4.37. The number of carbonyl (C=O) groups excluding carboxylic acids is 2. The Kier molecular flexibility index (Phi) is 37.4. The van der Waals surface area contributed by atoms with E-state index in [4.69, 9.17) is 18.5 Å². The third kappa shape index (κ3) is 42.2. The van der Waals surface area contributed by atoms with E-state index in [2.05, 4.69) is 26.0 Å². The number of esters is 2. The van der Waals surface area contributed by atoms with Crippen molar-refractivity contribution in [1.29, 1.82) is 0 Å². The van der Waals surface area contributed by atoms with Crippen LogP contribution in [0.5, 0.6) is 0 Å². The average molecular weight is 803 g/mol. The fourth-order valence-corrected chi connectivity index (χ4v) is 7.16. The number of quaternary nitrogens is 1. The number of phosphoric acid groups is 1. The molecular formula is C45H89NO8P+. The van der Waals surface area contributed by atoms with Crippen molar-refractivity contribution in [3.63, 3.8) is 0 Å². The molecular weight excluding hydrogens is 713 g/mol. The summed E-state index contributed by atoms with van der Waals surface area (Å²) in [6, 6.07) is 0. The molecule has 0 aliphatic heterocycles. The summed E-state index contributed by atoms with van der Waals surface area (Å²) in [7, 11) is 1.48. The van der Waals surface area contributed by atoms with Crippen LogP contribution in [0.4, 0.5) is 0 Å². The number of rotatable bonds is 42. The van der Waals surface area contributed by atoms with E-state index < -0.39 is 26.5 Å². The molecule has 0 aliphatic carbocycles. The van der Waals surface area contributed by atoms with Crippen molar-refractivity contribution >= 4 is 19.8 Å². The number of ether oxygens (including phenoxy) is 2. The van der Waals surface area contributed by atoms with Crippen molar-refractivity contribution < 1.29 is 42.1 Å². The summed E-state index contributed by atoms with van der Waals surface area (Å²) in [6.45, 7) is 4.44. The molecule has 9 nitrogen and oxygen atoms in total. The van der Waals surface area contributed by atoms with Crippen LogP contribution in [0.3, 0.4) is 0 Å². The molecule has 0 saturated heterocycles. The van der Waals surface area contributed by atoms with Crippen LogP contribution in [0.2, 0.25) is 0 Å². The molecule has 55 heavy (non-hydrogen) atoms. The minimum absolute atomic E-state index is 0.0343. The van der Waals surface area contributed by atoms with Gasteiger partial charge in [0.05, 0.1) is 27.7 Å². The molecule has 1 unspecified atom stereocenters. The lowest BCUT2D eigenvalue weighted by Gasteiger charge is -2.24. The molecule has 0 bridgehead atoms. The SMILES string of the molecule is CCCCCCCC/C=C\CCCCCCCCCC(=O)OC[C@H](COP(=O)(O)OCC[N+](C)(C)C)OC(=O)CCCCCCCCCCCCCCCC. The Morgan fingerprint density at radius 1 is 0.545 bits per heavy atom. The fourth-order valence-electron chi connectivity index (χ4n) is 6.42. The van der Waals surface area contributed by atoms with Crippen molar-refractivity contribution in [2.24, 2.45) is 0 Å². The standard InChI is InChI=1S/C45H88NO8P/c1-6-8-10-12-14-16-18-20-22-23-24-26-27-29-31-33-35-37-44(47)51-41-43(42-53-55(49,50)52-40-39-46(3,4)5)54-45(48)38-36-34-32-30-28-25-21-19-17-15-13-11-9-7-2/h20,22,43H,6-19,21,23-42H2,1-5H3/p+1/b22-20-/t43-/m1/s1. The summed E-state index contributed by atoms with van der Waals surface area (Å²) in [5.41, 5.74) is 0. The van der Waals surface area contributed by atoms with Crippen molar-refractivity contribution in [3.8, 4) is 0 Å². The van der Waals surface area contributed by atoms with Crippen LogP contribution in [0.25, 0.3) is 0 Å². The third-order valence-corrected chi connectivity index (χ3v) is 11.0. The zero-order chi connectivity index (χ0) is 40.7. The van der Waals surface area contributed by atoms with Crippen LogP contribution in [0.15, 0.2) is 12.2 Å². The zero-order valence-corrected chi connectivity index (χ0v) is 37.6. The first-order valence-corrected chi connectivity index (χ1v) is 24.4. The second-order valence-electron chi connectivity index (χ2n) is 16.8. The first-order valence-electron chi connectivity index (χ1n) is 22.9. The highest BCUT2D eigenvalue weighted by atomic mass is 31.2. The summed E-state index contributed by atoms with van der Waals surface area (Å²) in [5, 5.41) is 0. The summed E-state index contributed by atoms with van der Waals surface area (Å²) in [5.74, 6) is -0.793. The number of phosphoric ester groups is 1. The predicted octanol–water partition coefficient (Wildman–Crippen LogP) is 13.0. The molecule has 0 fully saturated rings. The van der Waals surface area contributed by atoms with Crippen molar-refractivity contribution in [2.45, 2.75) is 219 Å². The molecule has 0 radical (unpaired) electrons. The molecule has 0 saturated carbocycles. The summed E-state index contributed by atoms with van der Waals surface area (Å²) in [4.78, 5) is 35.4. The van der Waals surface area contributed by atoms with Gasteiger partial charge in [-0.1, -0.05) is 174 Å². The Labute approximate surface area is 339 Å². The van der Waals surface area contributed by atoms with Crippen molar-refractivity contribution in [2.75, 3.05) is 47.5 Å². The van der Waals surface area contributed by atoms with Crippen LogP contribution in [-0.4, -0.2) is 74.9 Å². The van der Waals surface area contributed by atoms with Crippen LogP contribution in [0, 0.1) is 0 Å². The van der Waals surface area contributed by atoms with E-state index in [-0.39, 0.29) is 32.0 Å². The molecule has 0 aromatic heterocycles. The van der Waals surface area contributed by atoms with Gasteiger partial charge in [0.25, 0.3) is 0 Å². The number of hydrogen-bond donors (Lipinski definition) is 1. The van der Waals surface area contributed by atoms with Crippen molar-refractivity contribution in [3.05, 3.63) is 12.2 Å². The summed E-state index contributed by atoms with van der Waals surface area (Å²) >= 11 is 0. The highest BCUT2D eigenvalue weighted by molar-refractivity contribution is 7.47. The summed E-state index contributed by atoms with van der Waals surface area (Å²) < 4.78 is 34.3. The van der Waals surface area contributed by atoms with E-state index >= 15 is 0 Å². The number of likely N-dealkylation sites (N-methyl/N-ethyl adjacent to an activating group) is 1. The maximum absolute atomic E-state index is 12.7. The molecule has 10 heteroatoms. The van der Waals surface area contributed by atoms with Gasteiger partial charge in [0.15, 0.2) is 6.10 Å². The molecule has 0 aromatic carbocycles. The van der Waals surface area contributed by atoms with Crippen molar-refractivity contribution in [1.82, 2.24) is 0 Å². The second-order valence-corrected chi connectivity index (χ2v) is 18.2. The lowest BCUT2D eigenvalue weighted by atomic mass is 10.0. The fraction of sp³-hybridized carbons (Fsp3) is 0.911. The van der Waals surface area contributed by atoms with Gasteiger partial charge in [0.1, 0.15) is 19.8 Å². The highest BCUT2D eigenvalue weighted by Crippen LogP contribution is 2.43. The maximum atomic E-state index is 12.7. The smallest absolute Gasteiger partial charge is 0.462 e. The average Bonchev–Trinajstić information content (AvgIpc) is 3.13. The molecule has 0 spiro atoms. The Morgan fingerprint density at radius 3 is 1.35 bits per heavy atom. The number of nitrogens with zero attached hydrogens (tertiary/aromatic N) is 1.